The molecule has 1 heterocycles. The lowest BCUT2D eigenvalue weighted by atomic mass is 10.1. The van der Waals surface area contributed by atoms with Crippen LogP contribution in [-0.4, -0.2) is 23.6 Å². The first kappa shape index (κ1) is 19.2. The van der Waals surface area contributed by atoms with Crippen molar-refractivity contribution in [2.75, 3.05) is 12.9 Å². The lowest BCUT2D eigenvalue weighted by Crippen LogP contribution is -2.06. The molecule has 0 saturated carbocycles. The van der Waals surface area contributed by atoms with Crippen LogP contribution in [-0.2, 0) is 17.0 Å². The number of hydrogen-bond acceptors (Lipinski definition) is 5. The molecule has 0 amide bonds. The van der Waals surface area contributed by atoms with Crippen LogP contribution in [0.4, 0.5) is 0 Å². The van der Waals surface area contributed by atoms with Gasteiger partial charge in [0.15, 0.2) is 0 Å². The molecule has 0 bridgehead atoms. The van der Waals surface area contributed by atoms with Crippen LogP contribution < -0.4 is 4.74 Å². The highest BCUT2D eigenvalue weighted by molar-refractivity contribution is 7.99. The number of aromatic nitrogens is 1. The zero-order valence-electron chi connectivity index (χ0n) is 15.8. The number of Topliss-reactive ketones (excluding diaryl/α,β-unsaturated/α-hetero) is 1. The van der Waals surface area contributed by atoms with Gasteiger partial charge in [-0.25, -0.2) is 4.98 Å². The largest absolute Gasteiger partial charge is 0.497 e. The summed E-state index contributed by atoms with van der Waals surface area (Å²) in [6, 6.07) is 15.7. The van der Waals surface area contributed by atoms with E-state index in [1.54, 1.807) is 18.9 Å². The van der Waals surface area contributed by atoms with Crippen LogP contribution in [0.3, 0.4) is 0 Å². The predicted octanol–water partition coefficient (Wildman–Crippen LogP) is 5.01. The van der Waals surface area contributed by atoms with E-state index >= 15 is 0 Å². The Balaban J connectivity index is 1.55. The highest BCUT2D eigenvalue weighted by Gasteiger charge is 2.13. The van der Waals surface area contributed by atoms with Crippen molar-refractivity contribution >= 4 is 17.5 Å². The van der Waals surface area contributed by atoms with E-state index in [0.29, 0.717) is 23.8 Å². The molecule has 27 heavy (non-hydrogen) atoms. The smallest absolute Gasteiger partial charge is 0.226 e. The highest BCUT2D eigenvalue weighted by Crippen LogP contribution is 2.25. The van der Waals surface area contributed by atoms with Crippen molar-refractivity contribution in [1.82, 2.24) is 4.98 Å². The number of ether oxygens (including phenoxy) is 1. The van der Waals surface area contributed by atoms with Gasteiger partial charge in [0.05, 0.1) is 18.6 Å². The lowest BCUT2D eigenvalue weighted by Gasteiger charge is -2.04. The monoisotopic (exact) mass is 381 g/mol. The minimum Gasteiger partial charge on any atom is -0.497 e. The fraction of sp³-hybridized carbons (Fsp3) is 0.273. The summed E-state index contributed by atoms with van der Waals surface area (Å²) in [6.45, 7) is 3.96. The summed E-state index contributed by atoms with van der Waals surface area (Å²) in [7, 11) is 1.63. The average molecular weight is 381 g/mol. The third-order valence-electron chi connectivity index (χ3n) is 4.19. The van der Waals surface area contributed by atoms with Crippen molar-refractivity contribution in [2.45, 2.75) is 26.0 Å². The third-order valence-corrected chi connectivity index (χ3v) is 5.20. The Morgan fingerprint density at radius 1 is 1.15 bits per heavy atom. The van der Waals surface area contributed by atoms with Crippen molar-refractivity contribution in [1.29, 1.82) is 0 Å². The van der Waals surface area contributed by atoms with E-state index in [1.165, 1.54) is 5.56 Å². The molecular weight excluding hydrogens is 358 g/mol. The van der Waals surface area contributed by atoms with E-state index in [4.69, 9.17) is 9.15 Å². The molecule has 0 aliphatic rings. The van der Waals surface area contributed by atoms with E-state index < -0.39 is 0 Å². The topological polar surface area (TPSA) is 52.3 Å². The number of carbonyl (C=O) groups is 1. The lowest BCUT2D eigenvalue weighted by molar-refractivity contribution is -0.116. The Morgan fingerprint density at radius 2 is 1.96 bits per heavy atom. The van der Waals surface area contributed by atoms with Crippen LogP contribution in [0.1, 0.15) is 22.6 Å². The number of oxazole rings is 1. The van der Waals surface area contributed by atoms with E-state index in [9.17, 15) is 4.79 Å². The molecular formula is C22H23NO3S. The fourth-order valence-corrected chi connectivity index (χ4v) is 3.68. The van der Waals surface area contributed by atoms with Crippen molar-refractivity contribution in [3.63, 3.8) is 0 Å². The first-order valence-electron chi connectivity index (χ1n) is 8.81. The van der Waals surface area contributed by atoms with Gasteiger partial charge < -0.3 is 9.15 Å². The molecule has 0 spiro atoms. The van der Waals surface area contributed by atoms with E-state index in [0.717, 1.165) is 28.3 Å². The van der Waals surface area contributed by atoms with Gasteiger partial charge in [-0.1, -0.05) is 29.8 Å². The molecule has 4 nitrogen and oxygen atoms in total. The number of ketones is 1. The van der Waals surface area contributed by atoms with Crippen LogP contribution in [0.25, 0.3) is 11.5 Å². The number of benzene rings is 2. The molecule has 3 aromatic rings. The normalized spacial score (nSPS) is 10.8. The SMILES string of the molecule is COc1cccc(CC(=O)CSCc2nc(-c3cccc(C)c3)oc2C)c1. The second-order valence-corrected chi connectivity index (χ2v) is 7.44. The summed E-state index contributed by atoms with van der Waals surface area (Å²) in [5, 5.41) is 0. The summed E-state index contributed by atoms with van der Waals surface area (Å²) in [5.74, 6) is 3.51. The zero-order valence-corrected chi connectivity index (χ0v) is 16.6. The molecule has 0 unspecified atom stereocenters. The molecule has 3 rings (SSSR count). The van der Waals surface area contributed by atoms with Gasteiger partial charge in [-0.15, -0.1) is 11.8 Å². The Kier molecular flexibility index (Phi) is 6.35. The summed E-state index contributed by atoms with van der Waals surface area (Å²) in [4.78, 5) is 16.9. The third kappa shape index (κ3) is 5.23. The van der Waals surface area contributed by atoms with Gasteiger partial charge in [-0.3, -0.25) is 4.79 Å². The first-order valence-corrected chi connectivity index (χ1v) is 9.96. The van der Waals surface area contributed by atoms with Crippen LogP contribution in [0.5, 0.6) is 5.75 Å². The molecule has 0 aliphatic heterocycles. The molecule has 0 saturated heterocycles. The van der Waals surface area contributed by atoms with E-state index in [-0.39, 0.29) is 5.78 Å². The van der Waals surface area contributed by atoms with E-state index in [1.807, 2.05) is 56.3 Å². The average Bonchev–Trinajstić information content (AvgIpc) is 3.03. The molecule has 0 radical (unpaired) electrons. The maximum atomic E-state index is 12.2. The molecule has 0 N–H and O–H groups in total. The Bertz CT molecular complexity index is 933. The van der Waals surface area contributed by atoms with Crippen LogP contribution in [0.2, 0.25) is 0 Å². The molecule has 0 aliphatic carbocycles. The van der Waals surface area contributed by atoms with Gasteiger partial charge in [0.2, 0.25) is 5.89 Å². The number of methoxy groups -OCH3 is 1. The summed E-state index contributed by atoms with van der Waals surface area (Å²) in [6.07, 6.45) is 0.413. The van der Waals surface area contributed by atoms with Crippen molar-refractivity contribution in [2.24, 2.45) is 0 Å². The number of nitrogens with zero attached hydrogens (tertiary/aromatic N) is 1. The highest BCUT2D eigenvalue weighted by atomic mass is 32.2. The summed E-state index contributed by atoms with van der Waals surface area (Å²) < 4.78 is 11.0. The Morgan fingerprint density at radius 3 is 2.74 bits per heavy atom. The second kappa shape index (κ2) is 8.91. The van der Waals surface area contributed by atoms with Gasteiger partial charge in [-0.2, -0.15) is 0 Å². The minimum absolute atomic E-state index is 0.188. The number of thioether (sulfide) groups is 1. The molecule has 5 heteroatoms. The summed E-state index contributed by atoms with van der Waals surface area (Å²) >= 11 is 1.57. The fourth-order valence-electron chi connectivity index (χ4n) is 2.79. The van der Waals surface area contributed by atoms with Gasteiger partial charge in [0.25, 0.3) is 0 Å². The molecule has 1 aromatic heterocycles. The number of rotatable bonds is 8. The van der Waals surface area contributed by atoms with E-state index in [2.05, 4.69) is 11.1 Å². The van der Waals surface area contributed by atoms with Crippen LogP contribution in [0.15, 0.2) is 52.9 Å². The minimum atomic E-state index is 0.188. The predicted molar refractivity (Wildman–Crippen MR) is 109 cm³/mol. The second-order valence-electron chi connectivity index (χ2n) is 6.45. The van der Waals surface area contributed by atoms with Gasteiger partial charge >= 0.3 is 0 Å². The number of aryl methyl sites for hydroxylation is 2. The standard InChI is InChI=1S/C22H23NO3S/c1-15-6-4-8-18(10-15)22-23-21(16(2)26-22)14-27-13-19(24)11-17-7-5-9-20(12-17)25-3/h4-10,12H,11,13-14H2,1-3H3. The maximum Gasteiger partial charge on any atom is 0.226 e. The van der Waals surface area contributed by atoms with Crippen molar-refractivity contribution < 1.29 is 13.9 Å². The number of hydrogen-bond donors (Lipinski definition) is 0. The van der Waals surface area contributed by atoms with Gasteiger partial charge in [-0.05, 0) is 43.7 Å². The van der Waals surface area contributed by atoms with Gasteiger partial charge in [0, 0.05) is 17.7 Å². The summed E-state index contributed by atoms with van der Waals surface area (Å²) in [5.41, 5.74) is 4.01. The maximum absolute atomic E-state index is 12.2. The Labute approximate surface area is 164 Å². The molecule has 2 aromatic carbocycles. The first-order chi connectivity index (χ1) is 13.0. The van der Waals surface area contributed by atoms with Gasteiger partial charge in [0.1, 0.15) is 17.3 Å². The quantitative estimate of drug-likeness (QED) is 0.549. The van der Waals surface area contributed by atoms with Crippen molar-refractivity contribution in [3.05, 3.63) is 71.1 Å². The molecule has 140 valence electrons. The molecule has 0 fully saturated rings. The molecule has 0 atom stereocenters. The number of carbonyl (C=O) groups excluding carboxylic acids is 1. The van der Waals surface area contributed by atoms with Crippen LogP contribution in [0, 0.1) is 13.8 Å². The zero-order chi connectivity index (χ0) is 19.2. The van der Waals surface area contributed by atoms with Crippen molar-refractivity contribution in [3.8, 4) is 17.2 Å². The van der Waals surface area contributed by atoms with Crippen LogP contribution >= 0.6 is 11.8 Å². The Hall–Kier alpha value is -2.53.